The minimum atomic E-state index is -1.23. The highest BCUT2D eigenvalue weighted by atomic mass is 16.7. The molecule has 21 nitrogen and oxygen atoms in total. The Balaban J connectivity index is 0.000000433. The molecule has 0 aromatic heterocycles. The van der Waals surface area contributed by atoms with Gasteiger partial charge in [0, 0.05) is 42.1 Å². The highest BCUT2D eigenvalue weighted by molar-refractivity contribution is 5.83. The van der Waals surface area contributed by atoms with Crippen LogP contribution in [0.2, 0.25) is 0 Å². The Labute approximate surface area is 503 Å². The number of alkyl carbamates (subject to hydrolysis) is 1. The molecule has 0 aromatic carbocycles. The van der Waals surface area contributed by atoms with Gasteiger partial charge >= 0.3 is 36.1 Å². The van der Waals surface area contributed by atoms with Crippen molar-refractivity contribution in [2.24, 2.45) is 34.5 Å². The molecule has 0 bridgehead atoms. The van der Waals surface area contributed by atoms with Crippen LogP contribution in [0.3, 0.4) is 0 Å². The predicted octanol–water partition coefficient (Wildman–Crippen LogP) is 10.6. The Hall–Kier alpha value is -4.76. The maximum Gasteiger partial charge on any atom is 0.407 e. The quantitative estimate of drug-likeness (QED) is 0.0406. The zero-order valence-electron chi connectivity index (χ0n) is 54.6. The third-order valence-corrected chi connectivity index (χ3v) is 15.6. The van der Waals surface area contributed by atoms with E-state index in [1.807, 2.05) is 48.5 Å². The van der Waals surface area contributed by atoms with E-state index in [2.05, 4.69) is 21.3 Å². The highest BCUT2D eigenvalue weighted by Gasteiger charge is 2.34. The van der Waals surface area contributed by atoms with Crippen molar-refractivity contribution in [2.45, 2.75) is 299 Å². The lowest BCUT2D eigenvalue weighted by molar-refractivity contribution is -0.191. The van der Waals surface area contributed by atoms with E-state index in [-0.39, 0.29) is 53.5 Å². The molecular weight excluding hydrogens is 1080 g/mol. The predicted molar refractivity (Wildman–Crippen MR) is 318 cm³/mol. The number of nitrogens with one attached hydrogen (secondary N) is 4. The molecule has 486 valence electrons. The first-order chi connectivity index (χ1) is 38.8. The number of methoxy groups -OCH3 is 1. The maximum absolute atomic E-state index is 12.2. The summed E-state index contributed by atoms with van der Waals surface area (Å²) in [7, 11) is 1.61. The summed E-state index contributed by atoms with van der Waals surface area (Å²) in [5.41, 5.74) is -1.74. The van der Waals surface area contributed by atoms with Gasteiger partial charge in [0.05, 0.1) is 17.3 Å². The fourth-order valence-corrected chi connectivity index (χ4v) is 10.7. The third-order valence-electron chi connectivity index (χ3n) is 15.6. The van der Waals surface area contributed by atoms with Gasteiger partial charge in [0.15, 0.2) is 24.4 Å². The smallest absolute Gasteiger partial charge is 0.407 e. The summed E-state index contributed by atoms with van der Waals surface area (Å²) in [6.45, 7) is 29.5. The Morgan fingerprint density at radius 1 is 0.417 bits per heavy atom. The van der Waals surface area contributed by atoms with Crippen LogP contribution in [0, 0.1) is 34.5 Å². The molecule has 5 N–H and O–H groups in total. The number of ether oxygens (including phenoxy) is 8. The normalized spacial score (nSPS) is 24.8. The summed E-state index contributed by atoms with van der Waals surface area (Å²) in [5, 5.41) is 20.8. The van der Waals surface area contributed by atoms with Gasteiger partial charge in [-0.1, -0.05) is 41.5 Å². The molecule has 4 rings (SSSR count). The molecule has 5 atom stereocenters. The number of hydrogen-bond acceptors (Lipinski definition) is 16. The van der Waals surface area contributed by atoms with Gasteiger partial charge in [-0.15, -0.1) is 0 Å². The van der Waals surface area contributed by atoms with Gasteiger partial charge in [-0.2, -0.15) is 0 Å². The van der Waals surface area contributed by atoms with E-state index in [9.17, 15) is 38.4 Å². The molecule has 84 heavy (non-hydrogen) atoms. The number of carbonyl (C=O) groups is 8. The van der Waals surface area contributed by atoms with Crippen LogP contribution in [0.15, 0.2) is 0 Å². The van der Waals surface area contributed by atoms with Crippen molar-refractivity contribution < 1.29 is 81.4 Å². The standard InChI is InChI=1S/C23H42N2O4.C21H36O10.C19H34N2O3/c1-16(28-5)15-29-22(27)25-20-12-8-18(9-13-20)14-17-6-10-19(11-7-17)24-21(26)23(2,3)4;1-12(28-18(24)14(3)30-20(5,6)7)16(22)26-11-27-17(23)13(2)29-19(25)15(4)31-21(8,9)10;1-19(2,3)17(22)20-15-8-4-13(5-9-15)12-14-6-10-16(11-7-14)21-18(23)24/h16-20H,6-15H2,1-5H3,(H,24,26)(H,25,27);12-15H,11H2,1-10H3;13-16,21H,4-12H2,1-3H3,(H,20,22)(H,23,24). The minimum absolute atomic E-state index is 0.0756. The molecule has 0 heterocycles. The maximum atomic E-state index is 12.2. The average Bonchev–Trinajstić information content (AvgIpc) is 3.49. The number of hydrogen-bond donors (Lipinski definition) is 5. The van der Waals surface area contributed by atoms with Crippen LogP contribution in [-0.2, 0) is 66.7 Å². The van der Waals surface area contributed by atoms with E-state index in [0.29, 0.717) is 12.1 Å². The lowest BCUT2D eigenvalue weighted by Gasteiger charge is -2.35. The Bertz CT molecular complexity index is 1970. The Morgan fingerprint density at radius 3 is 0.988 bits per heavy atom. The summed E-state index contributed by atoms with van der Waals surface area (Å²) in [6, 6.07) is 1.09. The van der Waals surface area contributed by atoms with Crippen LogP contribution >= 0.6 is 0 Å². The van der Waals surface area contributed by atoms with Crippen molar-refractivity contribution in [1.29, 1.82) is 0 Å². The molecule has 0 aliphatic heterocycles. The summed E-state index contributed by atoms with van der Waals surface area (Å²) in [5.74, 6) is 0.117. The molecule has 0 radical (unpaired) electrons. The monoisotopic (exact) mass is 1200 g/mol. The minimum Gasteiger partial charge on any atom is -0.465 e. The third kappa shape index (κ3) is 32.1. The first-order valence-corrected chi connectivity index (χ1v) is 31.0. The first kappa shape index (κ1) is 75.3. The topological polar surface area (TPSA) is 279 Å². The van der Waals surface area contributed by atoms with Crippen LogP contribution in [-0.4, -0.2) is 139 Å². The lowest BCUT2D eigenvalue weighted by Crippen LogP contribution is -2.43. The highest BCUT2D eigenvalue weighted by Crippen LogP contribution is 2.37. The molecular formula is C63H112N4O17. The van der Waals surface area contributed by atoms with Crippen molar-refractivity contribution in [1.82, 2.24) is 21.3 Å². The van der Waals surface area contributed by atoms with Crippen LogP contribution in [0.1, 0.15) is 233 Å². The molecule has 0 aromatic rings. The second-order valence-electron chi connectivity index (χ2n) is 28.0. The molecule has 0 saturated heterocycles. The second kappa shape index (κ2) is 35.8. The number of esters is 4. The summed E-state index contributed by atoms with van der Waals surface area (Å²) in [6.07, 6.45) is 15.0. The van der Waals surface area contributed by atoms with E-state index < -0.39 is 72.4 Å². The summed E-state index contributed by atoms with van der Waals surface area (Å²) >= 11 is 0. The number of amides is 4. The van der Waals surface area contributed by atoms with Crippen molar-refractivity contribution in [2.75, 3.05) is 20.5 Å². The largest absolute Gasteiger partial charge is 0.465 e. The van der Waals surface area contributed by atoms with E-state index in [0.717, 1.165) is 87.9 Å². The number of rotatable bonds is 21. The van der Waals surface area contributed by atoms with Crippen molar-refractivity contribution in [3.63, 3.8) is 0 Å². The molecule has 4 fully saturated rings. The lowest BCUT2D eigenvalue weighted by atomic mass is 9.75. The fraction of sp³-hybridized carbons (Fsp3) is 0.873. The molecule has 4 aliphatic rings. The molecule has 4 saturated carbocycles. The van der Waals surface area contributed by atoms with Crippen molar-refractivity contribution in [3.05, 3.63) is 0 Å². The molecule has 0 spiro atoms. The number of carbonyl (C=O) groups excluding carboxylic acids is 7. The van der Waals surface area contributed by atoms with Gasteiger partial charge in [-0.25, -0.2) is 28.8 Å². The molecule has 4 aliphatic carbocycles. The SMILES string of the molecule is CC(C)(C)C(=O)NC1CCC(CC2CCC(NC(=O)O)CC2)CC1.CC(OC(=O)C(C)OC(C)(C)C)C(=O)OCOC(=O)C(C)OC(=O)C(C)OC(C)(C)C.COC(C)COC(=O)NC1CCC(CC2CCC(NC(=O)C(C)(C)C)CC2)CC1. The first-order valence-electron chi connectivity index (χ1n) is 31.0. The van der Waals surface area contributed by atoms with Gasteiger partial charge in [0.2, 0.25) is 18.6 Å². The van der Waals surface area contributed by atoms with Crippen LogP contribution in [0.25, 0.3) is 0 Å². The zero-order valence-corrected chi connectivity index (χ0v) is 54.6. The van der Waals surface area contributed by atoms with Gasteiger partial charge in [0.25, 0.3) is 0 Å². The van der Waals surface area contributed by atoms with Gasteiger partial charge < -0.3 is 64.3 Å². The zero-order chi connectivity index (χ0) is 63.8. The van der Waals surface area contributed by atoms with Gasteiger partial charge in [0.1, 0.15) is 6.61 Å². The molecule has 5 unspecified atom stereocenters. The van der Waals surface area contributed by atoms with E-state index >= 15 is 0 Å². The van der Waals surface area contributed by atoms with E-state index in [1.54, 1.807) is 48.7 Å². The average molecular weight is 1200 g/mol. The fourth-order valence-electron chi connectivity index (χ4n) is 10.7. The van der Waals surface area contributed by atoms with Crippen LogP contribution in [0.5, 0.6) is 0 Å². The van der Waals surface area contributed by atoms with Crippen molar-refractivity contribution >= 4 is 47.9 Å². The van der Waals surface area contributed by atoms with Gasteiger partial charge in [-0.05, 0) is 215 Å². The molecule has 21 heteroatoms. The van der Waals surface area contributed by atoms with Crippen LogP contribution in [0.4, 0.5) is 9.59 Å². The van der Waals surface area contributed by atoms with Gasteiger partial charge in [-0.3, -0.25) is 9.59 Å². The molecule has 4 amide bonds. The number of carboxylic acid groups (broad SMARTS) is 1. The Morgan fingerprint density at radius 2 is 0.714 bits per heavy atom. The van der Waals surface area contributed by atoms with Crippen molar-refractivity contribution in [3.8, 4) is 0 Å². The van der Waals surface area contributed by atoms with E-state index in [1.165, 1.54) is 79.1 Å². The second-order valence-corrected chi connectivity index (χ2v) is 28.0. The Kier molecular flexibility index (Phi) is 32.1. The van der Waals surface area contributed by atoms with E-state index in [4.69, 9.17) is 43.0 Å². The van der Waals surface area contributed by atoms with Crippen LogP contribution < -0.4 is 21.3 Å². The summed E-state index contributed by atoms with van der Waals surface area (Å²) < 4.78 is 40.7. The summed E-state index contributed by atoms with van der Waals surface area (Å²) in [4.78, 5) is 94.5.